The zero-order valence-corrected chi connectivity index (χ0v) is 6.20. The van der Waals surface area contributed by atoms with Crippen molar-refractivity contribution >= 4 is 5.78 Å². The second-order valence-electron chi connectivity index (χ2n) is 2.06. The minimum Gasteiger partial charge on any atom is -0.504 e. The lowest BCUT2D eigenvalue weighted by Gasteiger charge is -1.97. The lowest BCUT2D eigenvalue weighted by Crippen LogP contribution is -2.06. The standard InChI is InChI=1S/C7H12O3/c1-6(8)5-7(9)3-4-10-2/h3-4,6,8H,5H2,1-2H3/b4-3+. The molecule has 0 saturated heterocycles. The van der Waals surface area contributed by atoms with Gasteiger partial charge in [0.2, 0.25) is 0 Å². The highest BCUT2D eigenvalue weighted by molar-refractivity contribution is 5.89. The molecule has 0 bridgehead atoms. The third kappa shape index (κ3) is 5.31. The summed E-state index contributed by atoms with van der Waals surface area (Å²) in [5, 5.41) is 8.73. The molecule has 0 aromatic carbocycles. The monoisotopic (exact) mass is 144 g/mol. The fraction of sp³-hybridized carbons (Fsp3) is 0.571. The molecule has 0 radical (unpaired) electrons. The fourth-order valence-electron chi connectivity index (χ4n) is 0.503. The number of hydrogen-bond donors (Lipinski definition) is 1. The first-order valence-electron chi connectivity index (χ1n) is 3.07. The van der Waals surface area contributed by atoms with Crippen LogP contribution in [-0.2, 0) is 9.53 Å². The van der Waals surface area contributed by atoms with E-state index in [0.29, 0.717) is 0 Å². The molecule has 1 atom stereocenters. The number of methoxy groups -OCH3 is 1. The molecule has 0 heterocycles. The van der Waals surface area contributed by atoms with E-state index in [1.54, 1.807) is 6.92 Å². The van der Waals surface area contributed by atoms with Crippen molar-refractivity contribution in [3.05, 3.63) is 12.3 Å². The largest absolute Gasteiger partial charge is 0.504 e. The van der Waals surface area contributed by atoms with E-state index in [9.17, 15) is 4.79 Å². The van der Waals surface area contributed by atoms with Gasteiger partial charge in [0.15, 0.2) is 5.78 Å². The van der Waals surface area contributed by atoms with Crippen LogP contribution in [0.3, 0.4) is 0 Å². The first kappa shape index (κ1) is 9.17. The summed E-state index contributed by atoms with van der Waals surface area (Å²) in [6.45, 7) is 1.57. The first-order chi connectivity index (χ1) is 4.66. The fourth-order valence-corrected chi connectivity index (χ4v) is 0.503. The first-order valence-corrected chi connectivity index (χ1v) is 3.07. The van der Waals surface area contributed by atoms with Gasteiger partial charge < -0.3 is 9.84 Å². The maximum absolute atomic E-state index is 10.7. The molecule has 0 aromatic rings. The molecular weight excluding hydrogens is 132 g/mol. The zero-order chi connectivity index (χ0) is 7.98. The quantitative estimate of drug-likeness (QED) is 0.461. The molecule has 0 amide bonds. The van der Waals surface area contributed by atoms with Gasteiger partial charge >= 0.3 is 0 Å². The number of hydrogen-bond acceptors (Lipinski definition) is 3. The number of ether oxygens (including phenoxy) is 1. The van der Waals surface area contributed by atoms with Gasteiger partial charge in [-0.3, -0.25) is 4.79 Å². The predicted molar refractivity (Wildman–Crippen MR) is 37.5 cm³/mol. The van der Waals surface area contributed by atoms with Gasteiger partial charge in [0.25, 0.3) is 0 Å². The van der Waals surface area contributed by atoms with E-state index in [0.717, 1.165) is 0 Å². The number of aliphatic hydroxyl groups excluding tert-OH is 1. The van der Waals surface area contributed by atoms with Crippen molar-refractivity contribution in [1.82, 2.24) is 0 Å². The van der Waals surface area contributed by atoms with Crippen molar-refractivity contribution in [2.75, 3.05) is 7.11 Å². The van der Waals surface area contributed by atoms with Crippen molar-refractivity contribution in [1.29, 1.82) is 0 Å². The number of carbonyl (C=O) groups excluding carboxylic acids is 1. The minimum absolute atomic E-state index is 0.128. The zero-order valence-electron chi connectivity index (χ0n) is 6.20. The van der Waals surface area contributed by atoms with Crippen LogP contribution in [0, 0.1) is 0 Å². The molecule has 0 saturated carbocycles. The highest BCUT2D eigenvalue weighted by atomic mass is 16.5. The van der Waals surface area contributed by atoms with E-state index in [4.69, 9.17) is 5.11 Å². The Morgan fingerprint density at radius 1 is 1.80 bits per heavy atom. The summed E-state index contributed by atoms with van der Waals surface area (Å²) in [5.74, 6) is -0.128. The lowest BCUT2D eigenvalue weighted by molar-refractivity contribution is -0.116. The Labute approximate surface area is 60.3 Å². The van der Waals surface area contributed by atoms with Crippen molar-refractivity contribution in [3.8, 4) is 0 Å². The van der Waals surface area contributed by atoms with Crippen LogP contribution in [0.4, 0.5) is 0 Å². The Hall–Kier alpha value is -0.830. The smallest absolute Gasteiger partial charge is 0.161 e. The number of rotatable bonds is 4. The molecule has 0 aliphatic rings. The number of ketones is 1. The molecule has 58 valence electrons. The van der Waals surface area contributed by atoms with Crippen LogP contribution in [0.25, 0.3) is 0 Å². The predicted octanol–water partition coefficient (Wildman–Crippen LogP) is 0.486. The lowest BCUT2D eigenvalue weighted by atomic mass is 10.2. The molecular formula is C7H12O3. The van der Waals surface area contributed by atoms with Crippen LogP contribution in [0.1, 0.15) is 13.3 Å². The molecule has 0 aliphatic carbocycles. The highest BCUT2D eigenvalue weighted by Crippen LogP contribution is 1.91. The van der Waals surface area contributed by atoms with Crippen molar-refractivity contribution in [2.24, 2.45) is 0 Å². The molecule has 0 spiro atoms. The molecule has 10 heavy (non-hydrogen) atoms. The van der Waals surface area contributed by atoms with Crippen molar-refractivity contribution in [2.45, 2.75) is 19.4 Å². The van der Waals surface area contributed by atoms with Crippen LogP contribution >= 0.6 is 0 Å². The second-order valence-corrected chi connectivity index (χ2v) is 2.06. The van der Waals surface area contributed by atoms with Gasteiger partial charge in [0.1, 0.15) is 0 Å². The SMILES string of the molecule is CO/C=C/C(=O)CC(C)O. The van der Waals surface area contributed by atoms with Crippen LogP contribution in [0.15, 0.2) is 12.3 Å². The average molecular weight is 144 g/mol. The molecule has 3 nitrogen and oxygen atoms in total. The Morgan fingerprint density at radius 3 is 2.80 bits per heavy atom. The van der Waals surface area contributed by atoms with Crippen molar-refractivity contribution in [3.63, 3.8) is 0 Å². The molecule has 1 unspecified atom stereocenters. The Kier molecular flexibility index (Phi) is 4.58. The van der Waals surface area contributed by atoms with E-state index >= 15 is 0 Å². The summed E-state index contributed by atoms with van der Waals surface area (Å²) in [7, 11) is 1.46. The maximum atomic E-state index is 10.7. The van der Waals surface area contributed by atoms with Gasteiger partial charge in [0, 0.05) is 12.5 Å². The van der Waals surface area contributed by atoms with Gasteiger partial charge in [-0.1, -0.05) is 0 Å². The highest BCUT2D eigenvalue weighted by Gasteiger charge is 2.00. The molecule has 0 fully saturated rings. The van der Waals surface area contributed by atoms with E-state index in [1.807, 2.05) is 0 Å². The van der Waals surface area contributed by atoms with E-state index in [1.165, 1.54) is 19.4 Å². The Morgan fingerprint density at radius 2 is 2.40 bits per heavy atom. The van der Waals surface area contributed by atoms with Gasteiger partial charge in [0.05, 0.1) is 19.5 Å². The summed E-state index contributed by atoms with van der Waals surface area (Å²) >= 11 is 0. The summed E-state index contributed by atoms with van der Waals surface area (Å²) in [4.78, 5) is 10.7. The molecule has 3 heteroatoms. The van der Waals surface area contributed by atoms with Gasteiger partial charge in [-0.05, 0) is 6.92 Å². The van der Waals surface area contributed by atoms with Crippen LogP contribution in [0.2, 0.25) is 0 Å². The van der Waals surface area contributed by atoms with Crippen LogP contribution in [-0.4, -0.2) is 24.1 Å². The van der Waals surface area contributed by atoms with Crippen LogP contribution in [0.5, 0.6) is 0 Å². The summed E-state index contributed by atoms with van der Waals surface area (Å²) < 4.78 is 4.51. The normalized spacial score (nSPS) is 13.5. The Bertz CT molecular complexity index is 127. The molecule has 1 N–H and O–H groups in total. The van der Waals surface area contributed by atoms with Crippen molar-refractivity contribution < 1.29 is 14.6 Å². The van der Waals surface area contributed by atoms with E-state index in [2.05, 4.69) is 4.74 Å². The van der Waals surface area contributed by atoms with Crippen LogP contribution < -0.4 is 0 Å². The summed E-state index contributed by atoms with van der Waals surface area (Å²) in [6, 6.07) is 0. The second kappa shape index (κ2) is 4.99. The summed E-state index contributed by atoms with van der Waals surface area (Å²) in [5.41, 5.74) is 0. The summed E-state index contributed by atoms with van der Waals surface area (Å²) in [6.07, 6.45) is 2.17. The number of allylic oxidation sites excluding steroid dienone is 1. The van der Waals surface area contributed by atoms with Gasteiger partial charge in [-0.2, -0.15) is 0 Å². The maximum Gasteiger partial charge on any atom is 0.161 e. The van der Waals surface area contributed by atoms with Gasteiger partial charge in [-0.15, -0.1) is 0 Å². The third-order valence-electron chi connectivity index (χ3n) is 0.887. The Balaban J connectivity index is 3.54. The average Bonchev–Trinajstić information content (AvgIpc) is 1.82. The number of aliphatic hydroxyl groups is 1. The number of carbonyl (C=O) groups is 1. The molecule has 0 rings (SSSR count). The third-order valence-corrected chi connectivity index (χ3v) is 0.887. The molecule has 0 aliphatic heterocycles. The molecule has 0 aromatic heterocycles. The topological polar surface area (TPSA) is 46.5 Å². The van der Waals surface area contributed by atoms with E-state index < -0.39 is 6.10 Å². The van der Waals surface area contributed by atoms with Gasteiger partial charge in [-0.25, -0.2) is 0 Å². The minimum atomic E-state index is -0.575. The van der Waals surface area contributed by atoms with E-state index in [-0.39, 0.29) is 12.2 Å².